The van der Waals surface area contributed by atoms with Crippen molar-refractivity contribution in [1.29, 1.82) is 5.26 Å². The fourth-order valence-corrected chi connectivity index (χ4v) is 2.00. The number of nitrogens with zero attached hydrogens (tertiary/aromatic N) is 1. The first-order chi connectivity index (χ1) is 8.61. The highest BCUT2D eigenvalue weighted by molar-refractivity contribution is 9.10. The quantitative estimate of drug-likeness (QED) is 0.826. The van der Waals surface area contributed by atoms with Crippen LogP contribution in [0, 0.1) is 18.3 Å². The first-order valence-electron chi connectivity index (χ1n) is 5.43. The Hall–Kier alpha value is -1.99. The fourth-order valence-electron chi connectivity index (χ4n) is 1.65. The molecule has 3 nitrogen and oxygen atoms in total. The normalized spacial score (nSPS) is 9.83. The standard InChI is InChI=1S/C14H12BrN3/c1-9-5-6-11(15)13(7-9)18-12-4-2-3-10(8-16)14(12)17/h2-7,18H,17H2,1H3. The lowest BCUT2D eigenvalue weighted by Gasteiger charge is -2.12. The van der Waals surface area contributed by atoms with Crippen molar-refractivity contribution in [2.75, 3.05) is 11.1 Å². The van der Waals surface area contributed by atoms with Crippen LogP contribution in [-0.2, 0) is 0 Å². The Morgan fingerprint density at radius 2 is 2.00 bits per heavy atom. The number of para-hydroxylation sites is 1. The molecule has 0 heterocycles. The van der Waals surface area contributed by atoms with E-state index in [1.54, 1.807) is 12.1 Å². The Bertz CT molecular complexity index is 629. The summed E-state index contributed by atoms with van der Waals surface area (Å²) in [4.78, 5) is 0. The van der Waals surface area contributed by atoms with Crippen LogP contribution in [0.4, 0.5) is 17.1 Å². The lowest BCUT2D eigenvalue weighted by Crippen LogP contribution is -1.99. The third-order valence-corrected chi connectivity index (χ3v) is 3.31. The Morgan fingerprint density at radius 3 is 2.72 bits per heavy atom. The molecule has 2 aromatic rings. The summed E-state index contributed by atoms with van der Waals surface area (Å²) in [5.41, 5.74) is 9.68. The van der Waals surface area contributed by atoms with E-state index in [-0.39, 0.29) is 0 Å². The van der Waals surface area contributed by atoms with Gasteiger partial charge in [-0.25, -0.2) is 0 Å². The van der Waals surface area contributed by atoms with Gasteiger partial charge in [0.1, 0.15) is 6.07 Å². The third kappa shape index (κ3) is 2.47. The van der Waals surface area contributed by atoms with Gasteiger partial charge in [0.15, 0.2) is 0 Å². The third-order valence-electron chi connectivity index (χ3n) is 2.62. The summed E-state index contributed by atoms with van der Waals surface area (Å²) in [5.74, 6) is 0. The molecule has 0 radical (unpaired) electrons. The number of hydrogen-bond donors (Lipinski definition) is 2. The van der Waals surface area contributed by atoms with Gasteiger partial charge in [0.25, 0.3) is 0 Å². The van der Waals surface area contributed by atoms with Gasteiger partial charge in [0.2, 0.25) is 0 Å². The number of nitrogen functional groups attached to an aromatic ring is 1. The number of nitriles is 1. The number of halogens is 1. The summed E-state index contributed by atoms with van der Waals surface area (Å²) in [7, 11) is 0. The summed E-state index contributed by atoms with van der Waals surface area (Å²) < 4.78 is 0.954. The molecule has 2 rings (SSSR count). The summed E-state index contributed by atoms with van der Waals surface area (Å²) in [6.45, 7) is 2.02. The van der Waals surface area contributed by atoms with Crippen molar-refractivity contribution in [2.24, 2.45) is 0 Å². The average Bonchev–Trinajstić information content (AvgIpc) is 2.36. The number of nitrogens with two attached hydrogens (primary N) is 1. The van der Waals surface area contributed by atoms with Gasteiger partial charge in [0, 0.05) is 4.47 Å². The molecule has 2 aromatic carbocycles. The van der Waals surface area contributed by atoms with E-state index in [4.69, 9.17) is 11.0 Å². The van der Waals surface area contributed by atoms with Gasteiger partial charge in [-0.2, -0.15) is 5.26 Å². The maximum atomic E-state index is 8.94. The van der Waals surface area contributed by atoms with Crippen LogP contribution in [-0.4, -0.2) is 0 Å². The molecule has 0 atom stereocenters. The fraction of sp³-hybridized carbons (Fsp3) is 0.0714. The van der Waals surface area contributed by atoms with Gasteiger partial charge in [-0.15, -0.1) is 0 Å². The molecule has 4 heteroatoms. The predicted octanol–water partition coefficient (Wildman–Crippen LogP) is 3.96. The molecular formula is C14H12BrN3. The van der Waals surface area contributed by atoms with Crippen LogP contribution in [0.5, 0.6) is 0 Å². The minimum atomic E-state index is 0.466. The van der Waals surface area contributed by atoms with Crippen molar-refractivity contribution < 1.29 is 0 Å². The molecular weight excluding hydrogens is 290 g/mol. The summed E-state index contributed by atoms with van der Waals surface area (Å²) >= 11 is 3.48. The zero-order chi connectivity index (χ0) is 13.1. The highest BCUT2D eigenvalue weighted by atomic mass is 79.9. The molecule has 0 amide bonds. The van der Waals surface area contributed by atoms with E-state index in [1.807, 2.05) is 31.2 Å². The first-order valence-corrected chi connectivity index (χ1v) is 6.23. The molecule has 0 unspecified atom stereocenters. The Morgan fingerprint density at radius 1 is 1.22 bits per heavy atom. The molecule has 0 aliphatic carbocycles. The van der Waals surface area contributed by atoms with Gasteiger partial charge in [0.05, 0.1) is 22.6 Å². The lowest BCUT2D eigenvalue weighted by atomic mass is 10.1. The monoisotopic (exact) mass is 301 g/mol. The molecule has 0 bridgehead atoms. The number of anilines is 3. The SMILES string of the molecule is Cc1ccc(Br)c(Nc2cccc(C#N)c2N)c1. The molecule has 0 spiro atoms. The van der Waals surface area contributed by atoms with Crippen molar-refractivity contribution in [1.82, 2.24) is 0 Å². The van der Waals surface area contributed by atoms with E-state index >= 15 is 0 Å². The second-order valence-electron chi connectivity index (χ2n) is 3.99. The van der Waals surface area contributed by atoms with Gasteiger partial charge >= 0.3 is 0 Å². The minimum absolute atomic E-state index is 0.466. The van der Waals surface area contributed by atoms with E-state index in [0.29, 0.717) is 11.3 Å². The number of benzene rings is 2. The van der Waals surface area contributed by atoms with E-state index in [9.17, 15) is 0 Å². The van der Waals surface area contributed by atoms with E-state index in [0.717, 1.165) is 21.4 Å². The largest absolute Gasteiger partial charge is 0.396 e. The maximum Gasteiger partial charge on any atom is 0.101 e. The lowest BCUT2D eigenvalue weighted by molar-refractivity contribution is 1.42. The average molecular weight is 302 g/mol. The van der Waals surface area contributed by atoms with Crippen LogP contribution in [0.3, 0.4) is 0 Å². The zero-order valence-electron chi connectivity index (χ0n) is 9.87. The van der Waals surface area contributed by atoms with Gasteiger partial charge in [-0.05, 0) is 52.7 Å². The molecule has 0 saturated heterocycles. The molecule has 90 valence electrons. The van der Waals surface area contributed by atoms with Crippen LogP contribution >= 0.6 is 15.9 Å². The number of nitrogens with one attached hydrogen (secondary N) is 1. The van der Waals surface area contributed by atoms with Gasteiger partial charge < -0.3 is 11.1 Å². The van der Waals surface area contributed by atoms with Gasteiger partial charge in [-0.3, -0.25) is 0 Å². The van der Waals surface area contributed by atoms with Crippen LogP contribution < -0.4 is 11.1 Å². The molecule has 0 aliphatic heterocycles. The molecule has 0 aromatic heterocycles. The Labute approximate surface area is 114 Å². The van der Waals surface area contributed by atoms with Crippen molar-refractivity contribution in [3.05, 3.63) is 52.0 Å². The highest BCUT2D eigenvalue weighted by Gasteiger charge is 2.06. The van der Waals surface area contributed by atoms with E-state index in [1.165, 1.54) is 0 Å². The summed E-state index contributed by atoms with van der Waals surface area (Å²) in [6, 6.07) is 13.4. The number of aryl methyl sites for hydroxylation is 1. The zero-order valence-corrected chi connectivity index (χ0v) is 11.5. The van der Waals surface area contributed by atoms with Crippen molar-refractivity contribution in [3.8, 4) is 6.07 Å². The second-order valence-corrected chi connectivity index (χ2v) is 4.84. The number of rotatable bonds is 2. The molecule has 0 fully saturated rings. The summed E-state index contributed by atoms with van der Waals surface area (Å²) in [5, 5.41) is 12.2. The minimum Gasteiger partial charge on any atom is -0.396 e. The van der Waals surface area contributed by atoms with E-state index < -0.39 is 0 Å². The van der Waals surface area contributed by atoms with Crippen LogP contribution in [0.1, 0.15) is 11.1 Å². The predicted molar refractivity (Wildman–Crippen MR) is 77.7 cm³/mol. The second kappa shape index (κ2) is 5.11. The van der Waals surface area contributed by atoms with Crippen molar-refractivity contribution in [3.63, 3.8) is 0 Å². The van der Waals surface area contributed by atoms with E-state index in [2.05, 4.69) is 27.3 Å². The Kier molecular flexibility index (Phi) is 3.54. The highest BCUT2D eigenvalue weighted by Crippen LogP contribution is 2.30. The van der Waals surface area contributed by atoms with Crippen molar-refractivity contribution >= 4 is 33.0 Å². The molecule has 0 aliphatic rings. The van der Waals surface area contributed by atoms with Crippen LogP contribution in [0.25, 0.3) is 0 Å². The van der Waals surface area contributed by atoms with Crippen molar-refractivity contribution in [2.45, 2.75) is 6.92 Å². The molecule has 0 saturated carbocycles. The Balaban J connectivity index is 2.41. The molecule has 18 heavy (non-hydrogen) atoms. The molecule has 3 N–H and O–H groups in total. The number of hydrogen-bond acceptors (Lipinski definition) is 3. The van der Waals surface area contributed by atoms with Crippen LogP contribution in [0.15, 0.2) is 40.9 Å². The smallest absolute Gasteiger partial charge is 0.101 e. The topological polar surface area (TPSA) is 61.8 Å². The van der Waals surface area contributed by atoms with Gasteiger partial charge in [-0.1, -0.05) is 12.1 Å². The maximum absolute atomic E-state index is 8.94. The first kappa shape index (κ1) is 12.5. The van der Waals surface area contributed by atoms with Crippen LogP contribution in [0.2, 0.25) is 0 Å². The summed E-state index contributed by atoms with van der Waals surface area (Å²) in [6.07, 6.45) is 0.